The first-order valence-corrected chi connectivity index (χ1v) is 47.6. The van der Waals surface area contributed by atoms with E-state index < -0.39 is 189 Å². The number of aliphatic hydroxyl groups excluding tert-OH is 1. The highest BCUT2D eigenvalue weighted by Crippen LogP contribution is 2.49. The van der Waals surface area contributed by atoms with Gasteiger partial charge in [-0.25, -0.2) is 9.59 Å². The number of hydrogen-bond donors (Lipinski definition) is 19. The first-order valence-electron chi connectivity index (χ1n) is 43.6. The van der Waals surface area contributed by atoms with Crippen molar-refractivity contribution in [3.8, 4) is 0 Å². The SMILES string of the molecule is CC[N+]1=C(/C=C/C=C/C=C2\N(CCCCCC(=O)NCCN3C(=O)CC(SC[C@H](NC(=O)CCNC(=O)[C@H](CCC(=O)O)NC(=O)COCCOCCNC(=O)CNC(=O)[C@H](CC(C)C)NC(=O)[C@H](CCCCN)NC(=O)[C@H](CO)NC(=O)[C@H](CCCNC(=N)N)NC(=O)OCc4ccccc4)C(=O)O)C3=O)c3ccc(S(=O)(=O)O)cc3C2(C)C)C(C)(C)c2cc(S(=O)(=O)O)ccc21. The van der Waals surface area contributed by atoms with Gasteiger partial charge in [0, 0.05) is 105 Å². The van der Waals surface area contributed by atoms with Gasteiger partial charge in [0.2, 0.25) is 70.7 Å². The Labute approximate surface area is 776 Å². The van der Waals surface area contributed by atoms with E-state index in [0.29, 0.717) is 56.3 Å². The van der Waals surface area contributed by atoms with Crippen LogP contribution in [0.2, 0.25) is 0 Å². The Balaban J connectivity index is 0.865. The van der Waals surface area contributed by atoms with Crippen LogP contribution in [0.4, 0.5) is 16.2 Å². The van der Waals surface area contributed by atoms with Crippen molar-refractivity contribution in [3.05, 3.63) is 119 Å². The third kappa shape index (κ3) is 35.6. The van der Waals surface area contributed by atoms with Gasteiger partial charge in [0.1, 0.15) is 56.0 Å². The van der Waals surface area contributed by atoms with Gasteiger partial charge in [-0.05, 0) is 139 Å². The Hall–Kier alpha value is -11.8. The van der Waals surface area contributed by atoms with E-state index in [2.05, 4.69) is 68.0 Å². The highest BCUT2D eigenvalue weighted by atomic mass is 32.2. The number of carbonyl (C=O) groups excluding carboxylic acids is 12. The molecule has 3 aromatic carbocycles. The largest absolute Gasteiger partial charge is 0.481 e. The van der Waals surface area contributed by atoms with Crippen molar-refractivity contribution in [2.45, 2.75) is 207 Å². The van der Waals surface area contributed by atoms with Gasteiger partial charge >= 0.3 is 18.0 Å². The number of imide groups is 1. The number of allylic oxidation sites excluding steroid dienone is 6. The van der Waals surface area contributed by atoms with E-state index in [1.54, 1.807) is 56.3 Å². The van der Waals surface area contributed by atoms with Gasteiger partial charge in [-0.3, -0.25) is 76.9 Å². The summed E-state index contributed by atoms with van der Waals surface area (Å²) in [5, 5.41) is 63.5. The number of nitrogens with two attached hydrogens (primary N) is 2. The number of nitrogens with one attached hydrogen (secondary N) is 12. The second-order valence-corrected chi connectivity index (χ2v) is 37.1. The molecule has 3 aliphatic heterocycles. The van der Waals surface area contributed by atoms with E-state index in [9.17, 15) is 108 Å². The maximum absolute atomic E-state index is 13.9. The van der Waals surface area contributed by atoms with E-state index >= 15 is 0 Å². The molecule has 0 aromatic heterocycles. The number of benzene rings is 3. The van der Waals surface area contributed by atoms with Crippen LogP contribution in [-0.2, 0) is 114 Å². The fraction of sp³-hybridized carbons (Fsp3) is 0.540. The van der Waals surface area contributed by atoms with Gasteiger partial charge in [0.15, 0.2) is 11.7 Å². The number of guanidine groups is 1. The number of anilines is 1. The Bertz CT molecular complexity index is 4990. The van der Waals surface area contributed by atoms with Gasteiger partial charge in [-0.1, -0.05) is 82.7 Å². The van der Waals surface area contributed by atoms with Gasteiger partial charge in [-0.15, -0.1) is 11.8 Å². The lowest BCUT2D eigenvalue weighted by Crippen LogP contribution is -2.59. The maximum atomic E-state index is 13.9. The molecule has 732 valence electrons. The molecule has 3 aromatic rings. The lowest BCUT2D eigenvalue weighted by atomic mass is 9.81. The Morgan fingerprint density at radius 1 is 0.602 bits per heavy atom. The average Bonchev–Trinajstić information content (AvgIpc) is 1.59. The minimum absolute atomic E-state index is 0.0156. The fourth-order valence-corrected chi connectivity index (χ4v) is 16.9. The molecule has 21 N–H and O–H groups in total. The summed E-state index contributed by atoms with van der Waals surface area (Å²) in [5.41, 5.74) is 15.1. The number of rotatable bonds is 59. The van der Waals surface area contributed by atoms with Crippen LogP contribution in [0.15, 0.2) is 113 Å². The Morgan fingerprint density at radius 2 is 1.23 bits per heavy atom. The number of aliphatic hydroxyl groups is 1. The molecular weight excluding hydrogens is 1800 g/mol. The highest BCUT2D eigenvalue weighted by Gasteiger charge is 2.46. The summed E-state index contributed by atoms with van der Waals surface area (Å²) in [6.07, 6.45) is 9.48. The predicted octanol–water partition coefficient (Wildman–Crippen LogP) is 0.778. The number of fused-ring (bicyclic) bond motifs is 2. The van der Waals surface area contributed by atoms with Crippen LogP contribution >= 0.6 is 11.8 Å². The van der Waals surface area contributed by atoms with Crippen LogP contribution in [0.1, 0.15) is 155 Å². The van der Waals surface area contributed by atoms with Crippen LogP contribution < -0.4 is 74.9 Å². The van der Waals surface area contributed by atoms with E-state index in [1.165, 1.54) is 24.3 Å². The van der Waals surface area contributed by atoms with Crippen molar-refractivity contribution in [3.63, 3.8) is 0 Å². The van der Waals surface area contributed by atoms with Crippen molar-refractivity contribution in [2.75, 3.05) is 103 Å². The fourth-order valence-electron chi connectivity index (χ4n) is 14.7. The van der Waals surface area contributed by atoms with E-state index in [1.807, 2.05) is 65.0 Å². The van der Waals surface area contributed by atoms with Crippen LogP contribution in [0.25, 0.3) is 0 Å². The number of alkyl carbamates (subject to hydrolysis) is 1. The van der Waals surface area contributed by atoms with Crippen molar-refractivity contribution < 1.29 is 127 Å². The first kappa shape index (κ1) is 110. The number of amides is 12. The van der Waals surface area contributed by atoms with Gasteiger partial charge in [-0.2, -0.15) is 21.4 Å². The number of unbranched alkanes of at least 4 members (excludes halogenated alkanes) is 3. The lowest BCUT2D eigenvalue weighted by molar-refractivity contribution is -0.433. The molecule has 0 aliphatic carbocycles. The van der Waals surface area contributed by atoms with Gasteiger partial charge in [0.05, 0.1) is 53.4 Å². The standard InChI is InChI=1S/C87H125N17O26S3/c1-8-102-66-31-28-56(132(122,123)124)46-58(66)86(4,5)69(102)25-14-10-15-26-70-87(6,7)59-47-57(133(125,126)127)29-32-67(59)103(70)40-19-11-16-27-71(106)91-38-41-104-75(110)48-68(82(104)118)131-53-65(83(119)120)97-72(107)34-37-93-77(113)62(30-33-76(111)112)96-74(109)52-129-44-43-128-42-39-92-73(108)49-95-78(114)63(45-54(2)3)99-79(115)60(23-17-18-35-88)98-81(117)64(50-105)100-80(116)61(24-20-36-94-84(89)90)101-85(121)130-51-55-21-12-9-13-22-55/h9-10,12-15,21-22,25-26,28-29,31-32,46-47,54,60-65,68,105H,8,11,16-20,23-24,27,30,33-45,48-53,88H2,1-7H3,(H17-,89,90,91,92,93,94,95,96,97,98,99,100,101,106,107,108,109,111,112,113,114,115,116,117,119,120,121,122,123,124,125,126,127)/p+1/t60-,61-,62-,63-,64-,65-,68?/m0/s1. The predicted molar refractivity (Wildman–Crippen MR) is 488 cm³/mol. The third-order valence-electron chi connectivity index (χ3n) is 21.7. The molecule has 0 saturated carbocycles. The average molecular weight is 1920 g/mol. The second kappa shape index (κ2) is 53.8. The zero-order valence-corrected chi connectivity index (χ0v) is 78.0. The zero-order chi connectivity index (χ0) is 98.3. The topological polar surface area (TPSA) is 654 Å². The summed E-state index contributed by atoms with van der Waals surface area (Å²) in [6, 6.07) is 9.20. The van der Waals surface area contributed by atoms with Crippen molar-refractivity contribution in [1.29, 1.82) is 5.41 Å². The number of thioether (sulfide) groups is 1. The molecule has 7 atom stereocenters. The smallest absolute Gasteiger partial charge is 0.408 e. The van der Waals surface area contributed by atoms with E-state index in [4.69, 9.17) is 31.1 Å². The number of carboxylic acid groups (broad SMARTS) is 2. The molecule has 6 rings (SSSR count). The number of ether oxygens (including phenoxy) is 3. The highest BCUT2D eigenvalue weighted by molar-refractivity contribution is 8.00. The summed E-state index contributed by atoms with van der Waals surface area (Å²) in [4.78, 5) is 186. The summed E-state index contributed by atoms with van der Waals surface area (Å²) >= 11 is 0.820. The number of nitrogens with zero attached hydrogens (tertiary/aromatic N) is 3. The number of carbonyl (C=O) groups is 14. The Morgan fingerprint density at radius 3 is 1.88 bits per heavy atom. The molecule has 0 radical (unpaired) electrons. The number of hydrogen-bond acceptors (Lipinski definition) is 26. The molecule has 0 spiro atoms. The molecule has 12 amide bonds. The van der Waals surface area contributed by atoms with Crippen LogP contribution in [-0.4, -0.2) is 285 Å². The maximum Gasteiger partial charge on any atom is 0.408 e. The number of likely N-dealkylation sites (tertiary alicyclic amines) is 1. The molecule has 3 aliphatic rings. The normalized spacial score (nSPS) is 16.1. The summed E-state index contributed by atoms with van der Waals surface area (Å²) in [7, 11) is -8.98. The lowest BCUT2D eigenvalue weighted by Gasteiger charge is -2.27. The van der Waals surface area contributed by atoms with Crippen LogP contribution in [0.3, 0.4) is 0 Å². The molecular formula is C87H126N17O26S3+. The van der Waals surface area contributed by atoms with E-state index in [-0.39, 0.29) is 137 Å². The monoisotopic (exact) mass is 1920 g/mol. The number of carboxylic acids is 2. The summed E-state index contributed by atoms with van der Waals surface area (Å²) < 4.78 is 86.5. The molecule has 133 heavy (non-hydrogen) atoms. The molecule has 43 nitrogen and oxygen atoms in total. The first-order chi connectivity index (χ1) is 62.9. The molecule has 0 bridgehead atoms. The molecule has 46 heteroatoms. The van der Waals surface area contributed by atoms with Crippen molar-refractivity contribution >= 4 is 138 Å². The molecule has 1 saturated heterocycles. The quantitative estimate of drug-likeness (QED) is 0.00706. The zero-order valence-electron chi connectivity index (χ0n) is 75.6. The minimum Gasteiger partial charge on any atom is -0.481 e. The van der Waals surface area contributed by atoms with Crippen LogP contribution in [0, 0.1) is 11.3 Å². The third-order valence-corrected chi connectivity index (χ3v) is 24.7. The molecule has 1 fully saturated rings. The van der Waals surface area contributed by atoms with E-state index in [0.717, 1.165) is 45.0 Å². The van der Waals surface area contributed by atoms with Crippen molar-refractivity contribution in [1.82, 2.24) is 63.4 Å². The Kier molecular flexibility index (Phi) is 44.5. The number of aliphatic carboxylic acids is 2. The minimum atomic E-state index is -4.54. The van der Waals surface area contributed by atoms with Crippen molar-refractivity contribution in [2.24, 2.45) is 17.4 Å². The van der Waals surface area contributed by atoms with Crippen LogP contribution in [0.5, 0.6) is 0 Å². The summed E-state index contributed by atoms with van der Waals surface area (Å²) in [6.45, 7) is 11.5. The molecule has 1 unspecified atom stereocenters. The second-order valence-electron chi connectivity index (χ2n) is 33.0. The molecule has 3 heterocycles. The summed E-state index contributed by atoms with van der Waals surface area (Å²) in [5.74, 6) is -11.8. The van der Waals surface area contributed by atoms with Gasteiger partial charge in [0.25, 0.3) is 20.2 Å². The van der Waals surface area contributed by atoms with Gasteiger partial charge < -0.3 is 104 Å².